The second-order valence-electron chi connectivity index (χ2n) is 5.51. The van der Waals surface area contributed by atoms with Crippen molar-refractivity contribution in [1.29, 1.82) is 0 Å². The standard InChI is InChI=1S/C15H21N3/c1-12-16-8-13(9-17-12)10-18-7-6-14-4-2-3-5-15(14)11-18/h8-9H,2-7,10-11H2,1H3. The Morgan fingerprint density at radius 2 is 1.78 bits per heavy atom. The van der Waals surface area contributed by atoms with E-state index in [2.05, 4.69) is 14.9 Å². The van der Waals surface area contributed by atoms with E-state index >= 15 is 0 Å². The van der Waals surface area contributed by atoms with Crippen LogP contribution in [0.15, 0.2) is 23.5 Å². The minimum Gasteiger partial charge on any atom is -0.295 e. The van der Waals surface area contributed by atoms with Gasteiger partial charge in [0.2, 0.25) is 0 Å². The Labute approximate surface area is 109 Å². The third-order valence-electron chi connectivity index (χ3n) is 4.09. The van der Waals surface area contributed by atoms with Gasteiger partial charge in [-0.3, -0.25) is 4.90 Å². The number of hydrogen-bond donors (Lipinski definition) is 0. The Hall–Kier alpha value is -1.22. The maximum absolute atomic E-state index is 4.28. The van der Waals surface area contributed by atoms with Gasteiger partial charge in [-0.05, 0) is 39.0 Å². The molecule has 1 aromatic rings. The van der Waals surface area contributed by atoms with Crippen LogP contribution < -0.4 is 0 Å². The van der Waals surface area contributed by atoms with Crippen LogP contribution in [-0.2, 0) is 6.54 Å². The molecule has 0 spiro atoms. The number of aromatic nitrogens is 2. The monoisotopic (exact) mass is 243 g/mol. The largest absolute Gasteiger partial charge is 0.295 e. The third kappa shape index (κ3) is 2.61. The van der Waals surface area contributed by atoms with Crippen molar-refractivity contribution in [3.63, 3.8) is 0 Å². The number of rotatable bonds is 2. The predicted molar refractivity (Wildman–Crippen MR) is 72.2 cm³/mol. The molecule has 0 fully saturated rings. The average Bonchev–Trinajstić information content (AvgIpc) is 2.41. The van der Waals surface area contributed by atoms with E-state index in [-0.39, 0.29) is 0 Å². The molecule has 0 unspecified atom stereocenters. The molecule has 96 valence electrons. The molecule has 0 amide bonds. The first-order chi connectivity index (χ1) is 8.81. The molecule has 0 saturated heterocycles. The molecular formula is C15H21N3. The van der Waals surface area contributed by atoms with Crippen LogP contribution in [0.5, 0.6) is 0 Å². The topological polar surface area (TPSA) is 29.0 Å². The summed E-state index contributed by atoms with van der Waals surface area (Å²) in [6.07, 6.45) is 10.7. The first-order valence-electron chi connectivity index (χ1n) is 7.01. The smallest absolute Gasteiger partial charge is 0.125 e. The molecule has 2 aliphatic rings. The van der Waals surface area contributed by atoms with Crippen molar-refractivity contribution in [3.05, 3.63) is 34.9 Å². The van der Waals surface area contributed by atoms with E-state index in [1.807, 2.05) is 19.3 Å². The van der Waals surface area contributed by atoms with E-state index in [0.717, 1.165) is 12.4 Å². The highest BCUT2D eigenvalue weighted by Crippen LogP contribution is 2.31. The van der Waals surface area contributed by atoms with Crippen molar-refractivity contribution in [2.75, 3.05) is 13.1 Å². The van der Waals surface area contributed by atoms with Crippen molar-refractivity contribution in [2.45, 2.75) is 45.6 Å². The molecule has 1 aliphatic heterocycles. The zero-order valence-electron chi connectivity index (χ0n) is 11.2. The third-order valence-corrected chi connectivity index (χ3v) is 4.09. The van der Waals surface area contributed by atoms with Crippen LogP contribution in [0, 0.1) is 6.92 Å². The summed E-state index contributed by atoms with van der Waals surface area (Å²) in [7, 11) is 0. The van der Waals surface area contributed by atoms with Gasteiger partial charge < -0.3 is 0 Å². The summed E-state index contributed by atoms with van der Waals surface area (Å²) < 4.78 is 0. The lowest BCUT2D eigenvalue weighted by molar-refractivity contribution is 0.266. The summed E-state index contributed by atoms with van der Waals surface area (Å²) in [6, 6.07) is 0. The fraction of sp³-hybridized carbons (Fsp3) is 0.600. The van der Waals surface area contributed by atoms with E-state index in [9.17, 15) is 0 Å². The van der Waals surface area contributed by atoms with E-state index < -0.39 is 0 Å². The van der Waals surface area contributed by atoms with Crippen molar-refractivity contribution in [2.24, 2.45) is 0 Å². The normalized spacial score (nSPS) is 20.9. The quantitative estimate of drug-likeness (QED) is 0.748. The summed E-state index contributed by atoms with van der Waals surface area (Å²) in [5, 5.41) is 0. The molecule has 3 rings (SSSR count). The predicted octanol–water partition coefficient (Wildman–Crippen LogP) is 2.86. The molecule has 18 heavy (non-hydrogen) atoms. The molecular weight excluding hydrogens is 222 g/mol. The minimum atomic E-state index is 0.856. The van der Waals surface area contributed by atoms with Crippen LogP contribution in [0.4, 0.5) is 0 Å². The van der Waals surface area contributed by atoms with Gasteiger partial charge in [0.25, 0.3) is 0 Å². The Bertz CT molecular complexity index is 447. The van der Waals surface area contributed by atoms with Gasteiger partial charge >= 0.3 is 0 Å². The molecule has 0 atom stereocenters. The zero-order valence-corrected chi connectivity index (χ0v) is 11.2. The second-order valence-corrected chi connectivity index (χ2v) is 5.51. The van der Waals surface area contributed by atoms with Crippen LogP contribution in [0.25, 0.3) is 0 Å². The van der Waals surface area contributed by atoms with Gasteiger partial charge in [0.1, 0.15) is 5.82 Å². The lowest BCUT2D eigenvalue weighted by Gasteiger charge is -2.33. The molecule has 0 N–H and O–H groups in total. The fourth-order valence-electron chi connectivity index (χ4n) is 3.06. The van der Waals surface area contributed by atoms with Crippen LogP contribution in [0.3, 0.4) is 0 Å². The van der Waals surface area contributed by atoms with Gasteiger partial charge in [-0.1, -0.05) is 11.1 Å². The Morgan fingerprint density at radius 3 is 2.56 bits per heavy atom. The molecule has 0 radical (unpaired) electrons. The average molecular weight is 243 g/mol. The summed E-state index contributed by atoms with van der Waals surface area (Å²) in [6.45, 7) is 5.30. The number of hydrogen-bond acceptors (Lipinski definition) is 3. The van der Waals surface area contributed by atoms with Gasteiger partial charge in [-0.25, -0.2) is 9.97 Å². The van der Waals surface area contributed by atoms with Gasteiger partial charge in [0, 0.05) is 37.6 Å². The van der Waals surface area contributed by atoms with Crippen LogP contribution in [0.1, 0.15) is 43.5 Å². The van der Waals surface area contributed by atoms with Gasteiger partial charge in [0.15, 0.2) is 0 Å². The summed E-state index contributed by atoms with van der Waals surface area (Å²) in [5.41, 5.74) is 4.72. The molecule has 0 saturated carbocycles. The van der Waals surface area contributed by atoms with Crippen LogP contribution >= 0.6 is 0 Å². The molecule has 3 heteroatoms. The molecule has 1 aromatic heterocycles. The van der Waals surface area contributed by atoms with Crippen LogP contribution in [0.2, 0.25) is 0 Å². The van der Waals surface area contributed by atoms with Gasteiger partial charge in [-0.15, -0.1) is 0 Å². The molecule has 3 nitrogen and oxygen atoms in total. The van der Waals surface area contributed by atoms with E-state index in [1.54, 1.807) is 11.1 Å². The van der Waals surface area contributed by atoms with Gasteiger partial charge in [0.05, 0.1) is 0 Å². The van der Waals surface area contributed by atoms with E-state index in [0.29, 0.717) is 0 Å². The maximum atomic E-state index is 4.28. The fourth-order valence-corrected chi connectivity index (χ4v) is 3.06. The zero-order chi connectivity index (χ0) is 12.4. The first kappa shape index (κ1) is 11.8. The Kier molecular flexibility index (Phi) is 3.41. The maximum Gasteiger partial charge on any atom is 0.125 e. The number of nitrogens with zero attached hydrogens (tertiary/aromatic N) is 3. The Balaban J connectivity index is 1.65. The van der Waals surface area contributed by atoms with Crippen molar-refractivity contribution in [1.82, 2.24) is 14.9 Å². The Morgan fingerprint density at radius 1 is 1.06 bits per heavy atom. The molecule has 0 aromatic carbocycles. The first-order valence-corrected chi connectivity index (χ1v) is 7.01. The highest BCUT2D eigenvalue weighted by atomic mass is 15.1. The summed E-state index contributed by atoms with van der Waals surface area (Å²) >= 11 is 0. The second kappa shape index (κ2) is 5.19. The van der Waals surface area contributed by atoms with E-state index in [1.165, 1.54) is 50.8 Å². The highest BCUT2D eigenvalue weighted by molar-refractivity contribution is 5.22. The van der Waals surface area contributed by atoms with Crippen molar-refractivity contribution >= 4 is 0 Å². The number of aryl methyl sites for hydroxylation is 1. The molecule has 2 heterocycles. The van der Waals surface area contributed by atoms with Crippen LogP contribution in [-0.4, -0.2) is 28.0 Å². The van der Waals surface area contributed by atoms with E-state index in [4.69, 9.17) is 0 Å². The van der Waals surface area contributed by atoms with Crippen molar-refractivity contribution < 1.29 is 0 Å². The lowest BCUT2D eigenvalue weighted by atomic mass is 9.87. The summed E-state index contributed by atoms with van der Waals surface area (Å²) in [5.74, 6) is 0.856. The highest BCUT2D eigenvalue weighted by Gasteiger charge is 2.21. The SMILES string of the molecule is Cc1ncc(CN2CCC3=C(CCCC3)C2)cn1. The van der Waals surface area contributed by atoms with Gasteiger partial charge in [-0.2, -0.15) is 0 Å². The molecule has 0 bridgehead atoms. The molecule has 1 aliphatic carbocycles. The lowest BCUT2D eigenvalue weighted by Crippen LogP contribution is -2.32. The summed E-state index contributed by atoms with van der Waals surface area (Å²) in [4.78, 5) is 11.1. The van der Waals surface area contributed by atoms with Crippen molar-refractivity contribution in [3.8, 4) is 0 Å². The minimum absolute atomic E-state index is 0.856.